The number of likely N-dealkylation sites (tertiary alicyclic amines) is 1. The van der Waals surface area contributed by atoms with Gasteiger partial charge in [0.1, 0.15) is 0 Å². The fraction of sp³-hybridized carbons (Fsp3) is 0.619. The van der Waals surface area contributed by atoms with Crippen LogP contribution in [0.15, 0.2) is 30.3 Å². The van der Waals surface area contributed by atoms with E-state index in [4.69, 9.17) is 4.74 Å². The molecule has 0 radical (unpaired) electrons. The smallest absolute Gasteiger partial charge is 0.308 e. The first kappa shape index (κ1) is 21.4. The SMILES string of the molecule is COC(=O)C1CCN(Cc2ccccc2)CC1.COC(=O)C1CCNCC1. The molecule has 27 heavy (non-hydrogen) atoms. The van der Waals surface area contributed by atoms with Crippen LogP contribution in [0.25, 0.3) is 0 Å². The van der Waals surface area contributed by atoms with Gasteiger partial charge >= 0.3 is 11.9 Å². The van der Waals surface area contributed by atoms with Crippen molar-refractivity contribution in [2.24, 2.45) is 11.8 Å². The third-order valence-corrected chi connectivity index (χ3v) is 5.24. The van der Waals surface area contributed by atoms with Crippen LogP contribution in [-0.2, 0) is 25.6 Å². The van der Waals surface area contributed by atoms with Crippen molar-refractivity contribution in [2.75, 3.05) is 40.4 Å². The largest absolute Gasteiger partial charge is 0.469 e. The Morgan fingerprint density at radius 3 is 1.96 bits per heavy atom. The monoisotopic (exact) mass is 376 g/mol. The minimum absolute atomic E-state index is 0.0515. The maximum atomic E-state index is 11.4. The summed E-state index contributed by atoms with van der Waals surface area (Å²) < 4.78 is 9.41. The van der Waals surface area contributed by atoms with Crippen LogP contribution in [0, 0.1) is 11.8 Å². The molecule has 0 bridgehead atoms. The van der Waals surface area contributed by atoms with Gasteiger partial charge in [-0.05, 0) is 57.4 Å². The molecule has 0 aromatic heterocycles. The van der Waals surface area contributed by atoms with Crippen LogP contribution in [0.5, 0.6) is 0 Å². The number of rotatable bonds is 4. The van der Waals surface area contributed by atoms with Crippen LogP contribution in [0.2, 0.25) is 0 Å². The Hall–Kier alpha value is -1.92. The lowest BCUT2D eigenvalue weighted by molar-refractivity contribution is -0.147. The van der Waals surface area contributed by atoms with Crippen molar-refractivity contribution >= 4 is 11.9 Å². The molecule has 1 N–H and O–H groups in total. The first-order chi connectivity index (χ1) is 13.1. The number of nitrogens with zero attached hydrogens (tertiary/aromatic N) is 1. The van der Waals surface area contributed by atoms with Gasteiger partial charge in [0, 0.05) is 6.54 Å². The first-order valence-electron chi connectivity index (χ1n) is 9.76. The number of piperidine rings is 2. The molecule has 1 aromatic rings. The molecule has 0 atom stereocenters. The van der Waals surface area contributed by atoms with Crippen molar-refractivity contribution in [3.05, 3.63) is 35.9 Å². The van der Waals surface area contributed by atoms with Gasteiger partial charge in [-0.15, -0.1) is 0 Å². The fourth-order valence-corrected chi connectivity index (χ4v) is 3.56. The molecule has 0 saturated carbocycles. The predicted molar refractivity (Wildman–Crippen MR) is 104 cm³/mol. The van der Waals surface area contributed by atoms with Crippen LogP contribution in [0.1, 0.15) is 31.2 Å². The number of esters is 2. The lowest BCUT2D eigenvalue weighted by Crippen LogP contribution is -2.36. The lowest BCUT2D eigenvalue weighted by Gasteiger charge is -2.30. The van der Waals surface area contributed by atoms with E-state index in [9.17, 15) is 9.59 Å². The Morgan fingerprint density at radius 1 is 0.926 bits per heavy atom. The molecule has 2 aliphatic rings. The first-order valence-corrected chi connectivity index (χ1v) is 9.76. The van der Waals surface area contributed by atoms with E-state index in [1.165, 1.54) is 19.8 Å². The zero-order valence-electron chi connectivity index (χ0n) is 16.5. The molecule has 3 rings (SSSR count). The summed E-state index contributed by atoms with van der Waals surface area (Å²) in [5, 5.41) is 3.19. The van der Waals surface area contributed by atoms with Crippen molar-refractivity contribution in [3.8, 4) is 0 Å². The molecule has 2 heterocycles. The van der Waals surface area contributed by atoms with Gasteiger partial charge in [-0.3, -0.25) is 14.5 Å². The van der Waals surface area contributed by atoms with Gasteiger partial charge in [-0.2, -0.15) is 0 Å². The number of nitrogens with one attached hydrogen (secondary N) is 1. The highest BCUT2D eigenvalue weighted by Crippen LogP contribution is 2.20. The molecule has 6 nitrogen and oxygen atoms in total. The lowest BCUT2D eigenvalue weighted by atomic mass is 9.97. The second-order valence-corrected chi connectivity index (χ2v) is 7.11. The van der Waals surface area contributed by atoms with Crippen molar-refractivity contribution in [1.29, 1.82) is 0 Å². The van der Waals surface area contributed by atoms with Crippen molar-refractivity contribution in [2.45, 2.75) is 32.2 Å². The van der Waals surface area contributed by atoms with E-state index in [0.29, 0.717) is 0 Å². The van der Waals surface area contributed by atoms with E-state index in [2.05, 4.69) is 39.2 Å². The zero-order valence-corrected chi connectivity index (χ0v) is 16.5. The van der Waals surface area contributed by atoms with E-state index in [0.717, 1.165) is 58.4 Å². The van der Waals surface area contributed by atoms with Crippen LogP contribution in [-0.4, -0.2) is 57.2 Å². The molecule has 150 valence electrons. The van der Waals surface area contributed by atoms with Gasteiger partial charge in [0.05, 0.1) is 26.1 Å². The van der Waals surface area contributed by atoms with Gasteiger partial charge in [0.25, 0.3) is 0 Å². The highest BCUT2D eigenvalue weighted by molar-refractivity contribution is 5.72. The van der Waals surface area contributed by atoms with E-state index < -0.39 is 0 Å². The molecule has 2 fully saturated rings. The molecule has 0 unspecified atom stereocenters. The number of ether oxygens (including phenoxy) is 2. The predicted octanol–water partition coefficient (Wildman–Crippen LogP) is 2.23. The van der Waals surface area contributed by atoms with E-state index in [-0.39, 0.29) is 23.8 Å². The molecule has 0 spiro atoms. The van der Waals surface area contributed by atoms with Gasteiger partial charge in [0.15, 0.2) is 0 Å². The summed E-state index contributed by atoms with van der Waals surface area (Å²) in [6.07, 6.45) is 3.68. The molecular weight excluding hydrogens is 344 g/mol. The number of methoxy groups -OCH3 is 2. The Balaban J connectivity index is 0.000000223. The number of carbonyl (C=O) groups is 2. The van der Waals surface area contributed by atoms with Crippen molar-refractivity contribution in [1.82, 2.24) is 10.2 Å². The van der Waals surface area contributed by atoms with Gasteiger partial charge < -0.3 is 14.8 Å². The standard InChI is InChI=1S/C14H19NO2.C7H13NO2/c1-17-14(16)13-7-9-15(10-8-13)11-12-5-3-2-4-6-12;1-10-7(9)6-2-4-8-5-3-6/h2-6,13H,7-11H2,1H3;6,8H,2-5H2,1H3. The topological polar surface area (TPSA) is 67.9 Å². The second kappa shape index (κ2) is 11.7. The quantitative estimate of drug-likeness (QED) is 0.813. The Bertz CT molecular complexity index is 565. The Kier molecular flexibility index (Phi) is 9.28. The molecule has 2 aliphatic heterocycles. The summed E-state index contributed by atoms with van der Waals surface area (Å²) in [7, 11) is 2.92. The Morgan fingerprint density at radius 2 is 1.44 bits per heavy atom. The molecule has 1 aromatic carbocycles. The van der Waals surface area contributed by atoms with Gasteiger partial charge in [0.2, 0.25) is 0 Å². The minimum atomic E-state index is -0.0542. The maximum Gasteiger partial charge on any atom is 0.308 e. The molecule has 6 heteroatoms. The summed E-state index contributed by atoms with van der Waals surface area (Å²) in [5.41, 5.74) is 1.34. The molecule has 0 amide bonds. The van der Waals surface area contributed by atoms with E-state index >= 15 is 0 Å². The highest BCUT2D eigenvalue weighted by Gasteiger charge is 2.25. The summed E-state index contributed by atoms with van der Waals surface area (Å²) in [6.45, 7) is 4.83. The van der Waals surface area contributed by atoms with Crippen LogP contribution in [0.4, 0.5) is 0 Å². The average Bonchev–Trinajstić information content (AvgIpc) is 2.75. The second-order valence-electron chi connectivity index (χ2n) is 7.11. The summed E-state index contributed by atoms with van der Waals surface area (Å²) in [6, 6.07) is 10.5. The van der Waals surface area contributed by atoms with Gasteiger partial charge in [-0.1, -0.05) is 30.3 Å². The van der Waals surface area contributed by atoms with Crippen molar-refractivity contribution < 1.29 is 19.1 Å². The number of benzene rings is 1. The third kappa shape index (κ3) is 7.31. The third-order valence-electron chi connectivity index (χ3n) is 5.24. The van der Waals surface area contributed by atoms with Crippen molar-refractivity contribution in [3.63, 3.8) is 0 Å². The average molecular weight is 376 g/mol. The van der Waals surface area contributed by atoms with Gasteiger partial charge in [-0.25, -0.2) is 0 Å². The van der Waals surface area contributed by atoms with E-state index in [1.807, 2.05) is 6.07 Å². The molecular formula is C21H32N2O4. The van der Waals surface area contributed by atoms with E-state index in [1.54, 1.807) is 0 Å². The zero-order chi connectivity index (χ0) is 19.5. The normalized spacial score (nSPS) is 18.9. The number of hydrogen-bond acceptors (Lipinski definition) is 6. The van der Waals surface area contributed by atoms with Crippen LogP contribution >= 0.6 is 0 Å². The number of hydrogen-bond donors (Lipinski definition) is 1. The summed E-state index contributed by atoms with van der Waals surface area (Å²) >= 11 is 0. The van der Waals surface area contributed by atoms with Crippen LogP contribution < -0.4 is 5.32 Å². The minimum Gasteiger partial charge on any atom is -0.469 e. The fourth-order valence-electron chi connectivity index (χ4n) is 3.56. The molecule has 2 saturated heterocycles. The summed E-state index contributed by atoms with van der Waals surface area (Å²) in [4.78, 5) is 24.7. The highest BCUT2D eigenvalue weighted by atomic mass is 16.5. The van der Waals surface area contributed by atoms with Crippen LogP contribution in [0.3, 0.4) is 0 Å². The Labute approximate surface area is 162 Å². The maximum absolute atomic E-state index is 11.4. The summed E-state index contributed by atoms with van der Waals surface area (Å²) in [5.74, 6) is 0.143. The number of carbonyl (C=O) groups excluding carboxylic acids is 2. The molecule has 0 aliphatic carbocycles.